The number of aryl methyl sites for hydroxylation is 1. The zero-order chi connectivity index (χ0) is 14.3. The van der Waals surface area contributed by atoms with Crippen LogP contribution in [0.25, 0.3) is 10.2 Å². The number of nitrogens with zero attached hydrogens (tertiary/aromatic N) is 2. The highest BCUT2D eigenvalue weighted by atomic mass is 32.1. The molecule has 2 aromatic heterocycles. The Morgan fingerprint density at radius 2 is 2.35 bits per heavy atom. The number of thiophene rings is 1. The summed E-state index contributed by atoms with van der Waals surface area (Å²) in [5.74, 6) is 0.254. The van der Waals surface area contributed by atoms with Crippen LogP contribution in [0.15, 0.2) is 6.33 Å². The highest BCUT2D eigenvalue weighted by molar-refractivity contribution is 7.19. The van der Waals surface area contributed by atoms with Crippen LogP contribution in [0.3, 0.4) is 0 Å². The summed E-state index contributed by atoms with van der Waals surface area (Å²) >= 11 is 1.71. The van der Waals surface area contributed by atoms with Gasteiger partial charge in [-0.15, -0.1) is 11.3 Å². The van der Waals surface area contributed by atoms with Crippen molar-refractivity contribution in [2.45, 2.75) is 45.1 Å². The Morgan fingerprint density at radius 3 is 3.10 bits per heavy atom. The molecule has 0 bridgehead atoms. The van der Waals surface area contributed by atoms with Crippen molar-refractivity contribution in [3.05, 3.63) is 16.8 Å². The molecule has 1 aliphatic rings. The lowest BCUT2D eigenvalue weighted by Gasteiger charge is -2.20. The molecule has 2 aromatic rings. The van der Waals surface area contributed by atoms with Gasteiger partial charge in [0.2, 0.25) is 0 Å². The van der Waals surface area contributed by atoms with Gasteiger partial charge in [0.15, 0.2) is 0 Å². The number of fused-ring (bicyclic) bond motifs is 3. The van der Waals surface area contributed by atoms with Gasteiger partial charge >= 0.3 is 5.97 Å². The van der Waals surface area contributed by atoms with Crippen LogP contribution in [-0.4, -0.2) is 27.1 Å². The van der Waals surface area contributed by atoms with Crippen LogP contribution in [0, 0.1) is 0 Å². The molecule has 20 heavy (non-hydrogen) atoms. The molecule has 3 rings (SSSR count). The lowest BCUT2D eigenvalue weighted by molar-refractivity contribution is -0.137. The van der Waals surface area contributed by atoms with Crippen molar-refractivity contribution in [1.29, 1.82) is 0 Å². The summed E-state index contributed by atoms with van der Waals surface area (Å²) in [6, 6.07) is -0.664. The zero-order valence-electron chi connectivity index (χ0n) is 11.5. The quantitative estimate of drug-likeness (QED) is 0.909. The molecule has 0 unspecified atom stereocenters. The fourth-order valence-corrected chi connectivity index (χ4v) is 4.10. The molecule has 106 valence electrons. The molecule has 0 radical (unpaired) electrons. The Labute approximate surface area is 121 Å². The van der Waals surface area contributed by atoms with E-state index in [-0.39, 0.29) is 0 Å². The fraction of sp³-hybridized carbons (Fsp3) is 0.500. The van der Waals surface area contributed by atoms with E-state index in [0.29, 0.717) is 11.7 Å². The topological polar surface area (TPSA) is 75.1 Å². The fourth-order valence-electron chi connectivity index (χ4n) is 2.80. The van der Waals surface area contributed by atoms with E-state index in [2.05, 4.69) is 22.2 Å². The number of aliphatic carboxylic acids is 1. The van der Waals surface area contributed by atoms with Crippen LogP contribution >= 0.6 is 11.3 Å². The van der Waals surface area contributed by atoms with Gasteiger partial charge in [-0.25, -0.2) is 9.97 Å². The maximum atomic E-state index is 11.0. The number of carboxylic acids is 1. The van der Waals surface area contributed by atoms with Gasteiger partial charge in [0.25, 0.3) is 0 Å². The van der Waals surface area contributed by atoms with Crippen LogP contribution in [-0.2, 0) is 11.2 Å². The standard InChI is InChI=1S/C14H17N3O2S/c1-7-4-3-5-9-10(7)11-12(17-8(2)14(18)19)15-6-16-13(11)20-9/h6-8H,3-5H2,1-2H3,(H,18,19)(H,15,16,17)/t7-,8-/m1/s1. The van der Waals surface area contributed by atoms with Crippen molar-refractivity contribution >= 4 is 33.3 Å². The van der Waals surface area contributed by atoms with Crippen molar-refractivity contribution in [2.24, 2.45) is 0 Å². The minimum atomic E-state index is -0.881. The summed E-state index contributed by atoms with van der Waals surface area (Å²) in [4.78, 5) is 22.0. The number of carbonyl (C=O) groups is 1. The Kier molecular flexibility index (Phi) is 3.33. The summed E-state index contributed by atoms with van der Waals surface area (Å²) in [5.41, 5.74) is 1.32. The van der Waals surface area contributed by atoms with Crippen molar-refractivity contribution < 1.29 is 9.90 Å². The third-order valence-electron chi connectivity index (χ3n) is 3.86. The summed E-state index contributed by atoms with van der Waals surface area (Å²) in [7, 11) is 0. The first kappa shape index (κ1) is 13.3. The molecule has 2 atom stereocenters. The van der Waals surface area contributed by atoms with Gasteiger partial charge in [0.1, 0.15) is 23.0 Å². The van der Waals surface area contributed by atoms with E-state index >= 15 is 0 Å². The molecule has 0 amide bonds. The van der Waals surface area contributed by atoms with E-state index in [4.69, 9.17) is 5.11 Å². The van der Waals surface area contributed by atoms with Crippen LogP contribution in [0.4, 0.5) is 5.82 Å². The molecule has 6 heteroatoms. The van der Waals surface area contributed by atoms with E-state index in [1.165, 1.54) is 29.6 Å². The Hall–Kier alpha value is -1.69. The number of nitrogens with one attached hydrogen (secondary N) is 1. The number of aromatic nitrogens is 2. The molecule has 5 nitrogen and oxygen atoms in total. The second kappa shape index (κ2) is 5.01. The van der Waals surface area contributed by atoms with E-state index in [0.717, 1.165) is 16.6 Å². The largest absolute Gasteiger partial charge is 0.480 e. The highest BCUT2D eigenvalue weighted by Crippen LogP contribution is 2.43. The molecule has 1 aliphatic carbocycles. The molecule has 0 spiro atoms. The summed E-state index contributed by atoms with van der Waals surface area (Å²) in [6.45, 7) is 3.85. The van der Waals surface area contributed by atoms with Crippen molar-refractivity contribution in [3.63, 3.8) is 0 Å². The van der Waals surface area contributed by atoms with Gasteiger partial charge in [-0.2, -0.15) is 0 Å². The average Bonchev–Trinajstić information content (AvgIpc) is 2.79. The van der Waals surface area contributed by atoms with Gasteiger partial charge in [-0.1, -0.05) is 6.92 Å². The van der Waals surface area contributed by atoms with Crippen LogP contribution in [0.5, 0.6) is 0 Å². The second-order valence-corrected chi connectivity index (χ2v) is 6.42. The first-order valence-electron chi connectivity index (χ1n) is 6.83. The normalized spacial score (nSPS) is 19.6. The Morgan fingerprint density at radius 1 is 1.55 bits per heavy atom. The van der Waals surface area contributed by atoms with E-state index in [1.54, 1.807) is 18.3 Å². The van der Waals surface area contributed by atoms with Gasteiger partial charge in [-0.05, 0) is 37.7 Å². The number of carboxylic acid groups (broad SMARTS) is 1. The van der Waals surface area contributed by atoms with Crippen molar-refractivity contribution in [2.75, 3.05) is 5.32 Å². The maximum Gasteiger partial charge on any atom is 0.325 e. The van der Waals surface area contributed by atoms with Gasteiger partial charge in [0, 0.05) is 4.88 Å². The maximum absolute atomic E-state index is 11.0. The van der Waals surface area contributed by atoms with Crippen LogP contribution in [0.1, 0.15) is 43.0 Å². The molecule has 0 aromatic carbocycles. The lowest BCUT2D eigenvalue weighted by Crippen LogP contribution is -2.26. The monoisotopic (exact) mass is 291 g/mol. The minimum absolute atomic E-state index is 0.485. The Balaban J connectivity index is 2.13. The number of hydrogen-bond acceptors (Lipinski definition) is 5. The summed E-state index contributed by atoms with van der Waals surface area (Å²) < 4.78 is 0. The second-order valence-electron chi connectivity index (χ2n) is 5.34. The molecular weight excluding hydrogens is 274 g/mol. The molecular formula is C14H17N3O2S. The number of hydrogen-bond donors (Lipinski definition) is 2. The third-order valence-corrected chi connectivity index (χ3v) is 5.03. The zero-order valence-corrected chi connectivity index (χ0v) is 12.3. The molecule has 0 saturated heterocycles. The number of anilines is 1. The predicted molar refractivity (Wildman–Crippen MR) is 79.5 cm³/mol. The van der Waals surface area contributed by atoms with E-state index in [1.807, 2.05) is 0 Å². The first-order chi connectivity index (χ1) is 9.58. The molecule has 0 aliphatic heterocycles. The van der Waals surface area contributed by atoms with Gasteiger partial charge < -0.3 is 10.4 Å². The number of rotatable bonds is 3. The SMILES string of the molecule is C[C@@H]1CCCc2sc3ncnc(N[C@H](C)C(=O)O)c3c21. The highest BCUT2D eigenvalue weighted by Gasteiger charge is 2.25. The first-order valence-corrected chi connectivity index (χ1v) is 7.65. The van der Waals surface area contributed by atoms with Crippen molar-refractivity contribution in [1.82, 2.24) is 9.97 Å². The summed E-state index contributed by atoms with van der Waals surface area (Å²) in [5, 5.41) is 13.1. The molecule has 2 heterocycles. The molecule has 0 saturated carbocycles. The van der Waals surface area contributed by atoms with Crippen molar-refractivity contribution in [3.8, 4) is 0 Å². The lowest BCUT2D eigenvalue weighted by atomic mass is 9.87. The van der Waals surface area contributed by atoms with Crippen LogP contribution < -0.4 is 5.32 Å². The third kappa shape index (κ3) is 2.14. The molecule has 2 N–H and O–H groups in total. The summed E-state index contributed by atoms with van der Waals surface area (Å²) in [6.07, 6.45) is 4.98. The smallest absolute Gasteiger partial charge is 0.325 e. The molecule has 0 fully saturated rings. The van der Waals surface area contributed by atoms with Crippen LogP contribution in [0.2, 0.25) is 0 Å². The van der Waals surface area contributed by atoms with E-state index < -0.39 is 12.0 Å². The van der Waals surface area contributed by atoms with Gasteiger partial charge in [0.05, 0.1) is 5.39 Å². The average molecular weight is 291 g/mol. The minimum Gasteiger partial charge on any atom is -0.480 e. The Bertz CT molecular complexity index is 668. The predicted octanol–water partition coefficient (Wildman–Crippen LogP) is 3.02. The van der Waals surface area contributed by atoms with Gasteiger partial charge in [-0.3, -0.25) is 4.79 Å². The van der Waals surface area contributed by atoms with E-state index in [9.17, 15) is 4.79 Å².